The molecule has 340 valence electrons. The summed E-state index contributed by atoms with van der Waals surface area (Å²) in [7, 11) is 3.22. The van der Waals surface area contributed by atoms with Crippen molar-refractivity contribution in [3.05, 3.63) is 120 Å². The van der Waals surface area contributed by atoms with Crippen LogP contribution in [0.3, 0.4) is 0 Å². The van der Waals surface area contributed by atoms with Gasteiger partial charge in [0.25, 0.3) is 11.8 Å². The number of anilines is 5. The van der Waals surface area contributed by atoms with E-state index >= 15 is 0 Å². The van der Waals surface area contributed by atoms with Gasteiger partial charge in [-0.1, -0.05) is 65.8 Å². The van der Waals surface area contributed by atoms with Crippen molar-refractivity contribution in [3.63, 3.8) is 0 Å². The van der Waals surface area contributed by atoms with Gasteiger partial charge in [0.1, 0.15) is 11.1 Å². The molecule has 0 bridgehead atoms. The molecule has 2 aliphatic heterocycles. The van der Waals surface area contributed by atoms with Crippen molar-refractivity contribution < 1.29 is 24.0 Å². The van der Waals surface area contributed by atoms with Gasteiger partial charge in [0.05, 0.1) is 47.7 Å². The fourth-order valence-corrected chi connectivity index (χ4v) is 7.06. The van der Waals surface area contributed by atoms with Gasteiger partial charge in [-0.3, -0.25) is 19.9 Å². The van der Waals surface area contributed by atoms with Crippen LogP contribution in [0.25, 0.3) is 0 Å². The highest BCUT2D eigenvalue weighted by Crippen LogP contribution is 2.36. The number of nitrogens with one attached hydrogen (secondary N) is 2. The molecule has 2 N–H and O–H groups in total. The third kappa shape index (κ3) is 10.2. The zero-order valence-corrected chi connectivity index (χ0v) is 39.2. The molecule has 0 unspecified atom stereocenters. The number of benzene rings is 2. The molecule has 0 radical (unpaired) electrons. The first-order valence-corrected chi connectivity index (χ1v) is 21.2. The fraction of sp³-hybridized carbons (Fsp3) is 0.375. The molecule has 2 fully saturated rings. The van der Waals surface area contributed by atoms with E-state index in [0.29, 0.717) is 28.7 Å². The molecule has 2 aliphatic rings. The van der Waals surface area contributed by atoms with Crippen LogP contribution in [0.5, 0.6) is 0 Å². The van der Waals surface area contributed by atoms with Crippen molar-refractivity contribution in [2.45, 2.75) is 104 Å². The van der Waals surface area contributed by atoms with Crippen molar-refractivity contribution in [2.24, 2.45) is 0 Å². The van der Waals surface area contributed by atoms with E-state index in [9.17, 15) is 24.0 Å². The lowest BCUT2D eigenvalue weighted by molar-refractivity contribution is -0.124. The summed E-state index contributed by atoms with van der Waals surface area (Å²) in [6.45, 7) is 19.9. The second-order valence-corrected chi connectivity index (χ2v) is 19.2. The van der Waals surface area contributed by atoms with Crippen molar-refractivity contribution in [1.29, 1.82) is 0 Å². The Morgan fingerprint density at radius 3 is 1.45 bits per heavy atom. The lowest BCUT2D eigenvalue weighted by Crippen LogP contribution is -2.43. The number of imide groups is 2. The van der Waals surface area contributed by atoms with Crippen LogP contribution in [0.15, 0.2) is 97.6 Å². The summed E-state index contributed by atoms with van der Waals surface area (Å²) in [5, 5.41) is 5.68. The Balaban J connectivity index is 0.000000216. The van der Waals surface area contributed by atoms with Crippen molar-refractivity contribution in [3.8, 4) is 0 Å². The van der Waals surface area contributed by atoms with Gasteiger partial charge in [-0.15, -0.1) is 0 Å². The minimum atomic E-state index is -1.06. The average Bonchev–Trinajstić information content (AvgIpc) is 3.52. The third-order valence-electron chi connectivity index (χ3n) is 11.2. The summed E-state index contributed by atoms with van der Waals surface area (Å²) in [6, 6.07) is 21.0. The number of nitrogens with zero attached hydrogens (tertiary/aromatic N) is 10. The molecule has 5 aromatic rings. The predicted octanol–water partition coefficient (Wildman–Crippen LogP) is 8.28. The summed E-state index contributed by atoms with van der Waals surface area (Å²) in [5.74, 6) is -0.0440. The number of urea groups is 3. The molecule has 0 aliphatic carbocycles. The smallest absolute Gasteiger partial charge is 0.331 e. The molecule has 2 saturated heterocycles. The highest BCUT2D eigenvalue weighted by atomic mass is 16.2. The highest BCUT2D eigenvalue weighted by molar-refractivity contribution is 6.23. The van der Waals surface area contributed by atoms with Crippen LogP contribution < -0.4 is 20.4 Å². The third-order valence-corrected chi connectivity index (χ3v) is 11.2. The van der Waals surface area contributed by atoms with E-state index in [1.165, 1.54) is 25.8 Å². The first-order chi connectivity index (χ1) is 30.4. The maximum atomic E-state index is 13.4. The number of hydrogen-bond acceptors (Lipinski definition) is 11. The summed E-state index contributed by atoms with van der Waals surface area (Å²) >= 11 is 0. The Morgan fingerprint density at radius 2 is 1.05 bits per heavy atom. The molecule has 17 nitrogen and oxygen atoms in total. The van der Waals surface area contributed by atoms with Crippen LogP contribution in [-0.4, -0.2) is 94.7 Å². The van der Waals surface area contributed by atoms with E-state index in [-0.39, 0.29) is 53.7 Å². The minimum Gasteiger partial charge on any atom is -0.331 e. The van der Waals surface area contributed by atoms with E-state index in [0.717, 1.165) is 16.8 Å². The fourth-order valence-electron chi connectivity index (χ4n) is 7.06. The zero-order chi connectivity index (χ0) is 47.6. The van der Waals surface area contributed by atoms with Crippen molar-refractivity contribution in [1.82, 2.24) is 39.6 Å². The van der Waals surface area contributed by atoms with Gasteiger partial charge in [-0.25, -0.2) is 44.1 Å². The van der Waals surface area contributed by atoms with E-state index < -0.39 is 17.1 Å². The Morgan fingerprint density at radius 1 is 0.615 bits per heavy atom. The molecule has 0 atom stereocenters. The predicted molar refractivity (Wildman–Crippen MR) is 250 cm³/mol. The number of carbonyl (C=O) groups is 5. The normalized spacial score (nSPS) is 15.8. The number of aromatic nitrogens is 5. The molecule has 5 heterocycles. The monoisotopic (exact) mass is 882 g/mol. The van der Waals surface area contributed by atoms with Gasteiger partial charge < -0.3 is 20.0 Å². The molecular weight excluding hydrogens is 825 g/mol. The van der Waals surface area contributed by atoms with Crippen LogP contribution in [0, 0.1) is 0 Å². The molecule has 65 heavy (non-hydrogen) atoms. The van der Waals surface area contributed by atoms with E-state index in [1.807, 2.05) is 48.5 Å². The summed E-state index contributed by atoms with van der Waals surface area (Å²) < 4.78 is 0. The quantitative estimate of drug-likeness (QED) is 0.136. The zero-order valence-electron chi connectivity index (χ0n) is 39.2. The van der Waals surface area contributed by atoms with Gasteiger partial charge in [0.15, 0.2) is 0 Å². The number of pyridine rings is 1. The van der Waals surface area contributed by atoms with Gasteiger partial charge in [0, 0.05) is 32.7 Å². The first kappa shape index (κ1) is 47.2. The topological polar surface area (TPSA) is 190 Å². The standard InChI is InChI=1S/C25H28N6O2.C23H30N6O3/c1-24(2,3)17-8-10-20(11-9-17)31-21(32)25(4,5)30(23(31)33)16-19-12-14-27-22(29-19)28-18-7-6-13-26-15-18;1-22(2,3)15-8-10-17(11-9-15)29-18(30)23(4,5)28(21(29)32)14-16-12-13-24-19(25-16)26-20(31)27(6)7/h6-15H,16H2,1-5H3,(H,27,28,29);8-13H,14H2,1-7H3,(H,24,25,26,31). The van der Waals surface area contributed by atoms with E-state index in [4.69, 9.17) is 0 Å². The maximum Gasteiger partial charge on any atom is 0.332 e. The number of hydrogen-bond donors (Lipinski definition) is 2. The molecule has 7 rings (SSSR count). The van der Waals surface area contributed by atoms with Crippen LogP contribution in [0.2, 0.25) is 0 Å². The molecule has 0 spiro atoms. The molecule has 2 aromatic carbocycles. The lowest BCUT2D eigenvalue weighted by Gasteiger charge is -2.27. The molecular formula is C48H58N12O5. The van der Waals surface area contributed by atoms with Gasteiger partial charge >= 0.3 is 18.1 Å². The molecule has 3 aromatic heterocycles. The number of carbonyl (C=O) groups excluding carboxylic acids is 5. The summed E-state index contributed by atoms with van der Waals surface area (Å²) in [5.41, 5.74) is 3.12. The second-order valence-electron chi connectivity index (χ2n) is 19.2. The average molecular weight is 883 g/mol. The number of rotatable bonds is 9. The van der Waals surface area contributed by atoms with Gasteiger partial charge in [-0.2, -0.15) is 0 Å². The molecule has 17 heteroatoms. The Hall–Kier alpha value is -7.30. The highest BCUT2D eigenvalue weighted by Gasteiger charge is 2.53. The minimum absolute atomic E-state index is 0.0164. The summed E-state index contributed by atoms with van der Waals surface area (Å²) in [4.78, 5) is 93.0. The van der Waals surface area contributed by atoms with Crippen molar-refractivity contribution in [2.75, 3.05) is 34.5 Å². The van der Waals surface area contributed by atoms with Crippen LogP contribution in [0.1, 0.15) is 91.8 Å². The van der Waals surface area contributed by atoms with E-state index in [1.54, 1.807) is 89.5 Å². The Kier molecular flexibility index (Phi) is 13.1. The first-order valence-electron chi connectivity index (χ1n) is 21.2. The maximum absolute atomic E-state index is 13.4. The van der Waals surface area contributed by atoms with Crippen LogP contribution in [-0.2, 0) is 33.5 Å². The molecule has 0 saturated carbocycles. The van der Waals surface area contributed by atoms with Crippen molar-refractivity contribution >= 4 is 58.9 Å². The van der Waals surface area contributed by atoms with E-state index in [2.05, 4.69) is 77.1 Å². The number of amides is 8. The van der Waals surface area contributed by atoms with Crippen LogP contribution in [0.4, 0.5) is 43.3 Å². The lowest BCUT2D eigenvalue weighted by atomic mass is 9.87. The van der Waals surface area contributed by atoms with Crippen LogP contribution >= 0.6 is 0 Å². The summed E-state index contributed by atoms with van der Waals surface area (Å²) in [6.07, 6.45) is 6.49. The Labute approximate surface area is 380 Å². The second kappa shape index (κ2) is 18.1. The Bertz CT molecular complexity index is 2570. The molecule has 8 amide bonds. The largest absolute Gasteiger partial charge is 0.332 e. The van der Waals surface area contributed by atoms with Gasteiger partial charge in [0.2, 0.25) is 11.9 Å². The van der Waals surface area contributed by atoms with Gasteiger partial charge in [-0.05, 0) is 98.2 Å². The SMILES string of the molecule is CC(C)(C)c1ccc(N2C(=O)N(Cc3ccnc(Nc4cccnc4)n3)C(C)(C)C2=O)cc1.CN(C)C(=O)Nc1nccc(CN2C(=O)N(c3ccc(C(C)(C)C)cc3)C(=O)C2(C)C)n1.